The zero-order chi connectivity index (χ0) is 42.9. The summed E-state index contributed by atoms with van der Waals surface area (Å²) in [5, 5.41) is 0. The fourth-order valence-corrected chi connectivity index (χ4v) is 10.4. The number of aromatic amines is 2. The van der Waals surface area contributed by atoms with Gasteiger partial charge in [-0.15, -0.1) is 0 Å². The number of alkyl halides is 6. The highest BCUT2D eigenvalue weighted by molar-refractivity contribution is 5.88. The molecule has 3 saturated heterocycles. The first kappa shape index (κ1) is 40.0. The minimum absolute atomic E-state index is 0.0495. The van der Waals surface area contributed by atoms with Crippen molar-refractivity contribution in [3.8, 4) is 0 Å². The highest BCUT2D eigenvalue weighted by atomic mass is 19.4. The van der Waals surface area contributed by atoms with E-state index in [-0.39, 0.29) is 56.3 Å². The van der Waals surface area contributed by atoms with E-state index in [1.165, 1.54) is 15.4 Å². The number of imidazole rings is 2. The lowest BCUT2D eigenvalue weighted by Gasteiger charge is -2.34. The predicted octanol–water partition coefficient (Wildman–Crippen LogP) is 10.8. The Balaban J connectivity index is 0.955. The Bertz CT molecular complexity index is 2380. The van der Waals surface area contributed by atoms with E-state index in [1.807, 2.05) is 12.1 Å². The normalized spacial score (nSPS) is 25.0. The van der Waals surface area contributed by atoms with Gasteiger partial charge in [-0.25, -0.2) is 9.97 Å². The number of nitrogens with zero attached hydrogens (tertiary/aromatic N) is 5. The number of carbonyl (C=O) groups is 2. The molecule has 2 amide bonds. The number of rotatable bonds is 7. The zero-order valence-corrected chi connectivity index (χ0v) is 34.4. The molecule has 2 N–H and O–H groups in total. The van der Waals surface area contributed by atoms with Gasteiger partial charge >= 0.3 is 12.4 Å². The summed E-state index contributed by atoms with van der Waals surface area (Å²) in [6.45, 7) is 7.06. The number of hydrogen-bond acceptors (Lipinski definition) is 5. The van der Waals surface area contributed by atoms with Crippen LogP contribution in [0.15, 0.2) is 60.7 Å². The molecular formula is C46H49F6N7O2. The first-order valence-corrected chi connectivity index (χ1v) is 21.5. The van der Waals surface area contributed by atoms with Crippen LogP contribution in [0, 0.1) is 10.8 Å². The molecule has 61 heavy (non-hydrogen) atoms. The van der Waals surface area contributed by atoms with Gasteiger partial charge in [-0.05, 0) is 123 Å². The minimum Gasteiger partial charge on any atom is -0.357 e. The van der Waals surface area contributed by atoms with Gasteiger partial charge in [0, 0.05) is 18.8 Å². The van der Waals surface area contributed by atoms with Crippen molar-refractivity contribution in [1.82, 2.24) is 29.7 Å². The summed E-state index contributed by atoms with van der Waals surface area (Å²) in [5.74, 6) is -0.693. The third kappa shape index (κ3) is 6.49. The van der Waals surface area contributed by atoms with Crippen LogP contribution in [0.2, 0.25) is 0 Å². The Morgan fingerprint density at radius 2 is 1.03 bits per heavy atom. The first-order valence-electron chi connectivity index (χ1n) is 21.5. The van der Waals surface area contributed by atoms with Gasteiger partial charge in [0.05, 0.1) is 46.2 Å². The Hall–Kier alpha value is -5.08. The number of amides is 2. The maximum atomic E-state index is 14.0. The van der Waals surface area contributed by atoms with Crippen LogP contribution in [0.3, 0.4) is 0 Å². The number of likely N-dealkylation sites (tertiary alicyclic amines) is 2. The van der Waals surface area contributed by atoms with E-state index in [4.69, 9.17) is 9.97 Å². The molecule has 3 aromatic carbocycles. The summed E-state index contributed by atoms with van der Waals surface area (Å²) in [7, 11) is 0. The number of nitrogens with one attached hydrogen (secondary N) is 2. The molecule has 15 heteroatoms. The molecule has 0 bridgehead atoms. The Morgan fingerprint density at radius 3 is 1.41 bits per heavy atom. The van der Waals surface area contributed by atoms with E-state index in [1.54, 1.807) is 0 Å². The molecule has 2 saturated carbocycles. The molecular weight excluding hydrogens is 797 g/mol. The number of benzene rings is 3. The van der Waals surface area contributed by atoms with Gasteiger partial charge in [-0.2, -0.15) is 26.3 Å². The lowest BCUT2D eigenvalue weighted by molar-refractivity contribution is -0.200. The molecule has 2 aliphatic carbocycles. The van der Waals surface area contributed by atoms with Crippen LogP contribution in [0.4, 0.5) is 32.0 Å². The van der Waals surface area contributed by atoms with Crippen molar-refractivity contribution in [2.24, 2.45) is 10.8 Å². The van der Waals surface area contributed by atoms with Crippen molar-refractivity contribution < 1.29 is 35.9 Å². The smallest absolute Gasteiger partial charge is 0.357 e. The average molecular weight is 846 g/mol. The molecule has 5 fully saturated rings. The second-order valence-electron chi connectivity index (χ2n) is 19.1. The number of anilines is 1. The summed E-state index contributed by atoms with van der Waals surface area (Å²) >= 11 is 0. The van der Waals surface area contributed by atoms with Crippen LogP contribution >= 0.6 is 0 Å². The Morgan fingerprint density at radius 1 is 0.607 bits per heavy atom. The van der Waals surface area contributed by atoms with E-state index < -0.39 is 47.1 Å². The van der Waals surface area contributed by atoms with Crippen molar-refractivity contribution in [2.45, 2.75) is 127 Å². The van der Waals surface area contributed by atoms with Crippen LogP contribution < -0.4 is 4.90 Å². The summed E-state index contributed by atoms with van der Waals surface area (Å²) < 4.78 is 83.8. The van der Waals surface area contributed by atoms with Crippen LogP contribution in [0.5, 0.6) is 0 Å². The van der Waals surface area contributed by atoms with Crippen LogP contribution in [-0.4, -0.2) is 67.0 Å². The third-order valence-corrected chi connectivity index (χ3v) is 14.3. The molecule has 0 unspecified atom stereocenters. The molecule has 2 aromatic heterocycles. The van der Waals surface area contributed by atoms with E-state index in [0.717, 1.165) is 40.7 Å². The lowest BCUT2D eigenvalue weighted by atomic mass is 9.87. The molecule has 5 aromatic rings. The van der Waals surface area contributed by atoms with Crippen molar-refractivity contribution in [1.29, 1.82) is 0 Å². The molecule has 4 atom stereocenters. The molecule has 0 spiro atoms. The quantitative estimate of drug-likeness (QED) is 0.159. The number of H-pyrrole nitrogens is 2. The summed E-state index contributed by atoms with van der Waals surface area (Å²) in [6, 6.07) is 19.5. The molecule has 10 rings (SSSR count). The van der Waals surface area contributed by atoms with Crippen molar-refractivity contribution in [2.75, 3.05) is 18.0 Å². The highest BCUT2D eigenvalue weighted by Crippen LogP contribution is 2.61. The molecule has 5 heterocycles. The van der Waals surface area contributed by atoms with Crippen molar-refractivity contribution >= 4 is 39.6 Å². The van der Waals surface area contributed by atoms with Gasteiger partial charge in [0.1, 0.15) is 22.5 Å². The minimum atomic E-state index is -4.58. The largest absolute Gasteiger partial charge is 0.403 e. The fraction of sp³-hybridized carbons (Fsp3) is 0.522. The molecule has 9 nitrogen and oxygen atoms in total. The number of fused-ring (bicyclic) bond motifs is 2. The fourth-order valence-electron chi connectivity index (χ4n) is 10.4. The SMILES string of the molecule is CC(C)(C)c1ccc(N2[C@@H](c3ccc4nc([C@@H]5CCCN5C(=O)C5(C(F)(F)F)CC5)[nH]c4c3)CC[C@@H]2c2ccc3nc([C@@H]4CCCN4C(=O)C4(C(F)(F)F)CC4)[nH]c3c2)cc1. The number of halogens is 6. The van der Waals surface area contributed by atoms with E-state index in [9.17, 15) is 35.9 Å². The topological polar surface area (TPSA) is 101 Å². The van der Waals surface area contributed by atoms with Gasteiger partial charge in [0.15, 0.2) is 0 Å². The maximum Gasteiger partial charge on any atom is 0.403 e. The monoisotopic (exact) mass is 845 g/mol. The Kier molecular flexibility index (Phi) is 8.99. The van der Waals surface area contributed by atoms with Gasteiger partial charge in [-0.1, -0.05) is 45.0 Å². The van der Waals surface area contributed by atoms with E-state index in [2.05, 4.69) is 84.2 Å². The standard InChI is InChI=1S/C46H49F6N7O2/c1-42(2,3)28-10-12-29(13-11-28)59-34(26-8-14-30-32(24-26)55-38(53-30)36-6-4-22-57(36)40(60)43(18-19-43)45(47,48)49)16-17-35(59)27-9-15-31-33(25-27)56-39(54-31)37-7-5-23-58(37)41(61)44(20-21-44)46(50,51)52/h8-15,24-25,34-37H,4-7,16-23H2,1-3H3,(H,53,55)(H,54,56)/t34-,35-,36+,37+/m1/s1. The van der Waals surface area contributed by atoms with E-state index >= 15 is 0 Å². The van der Waals surface area contributed by atoms with Crippen LogP contribution in [0.25, 0.3) is 22.1 Å². The van der Waals surface area contributed by atoms with Crippen molar-refractivity contribution in [3.63, 3.8) is 0 Å². The highest BCUT2D eigenvalue weighted by Gasteiger charge is 2.71. The predicted molar refractivity (Wildman–Crippen MR) is 217 cm³/mol. The van der Waals surface area contributed by atoms with E-state index in [0.29, 0.717) is 48.4 Å². The molecule has 0 radical (unpaired) electrons. The molecule has 5 aliphatic rings. The average Bonchev–Trinajstić information content (AvgIpc) is 3.78. The number of aromatic nitrogens is 4. The van der Waals surface area contributed by atoms with Gasteiger partial charge in [0.25, 0.3) is 0 Å². The van der Waals surface area contributed by atoms with Crippen LogP contribution in [-0.2, 0) is 15.0 Å². The maximum absolute atomic E-state index is 14.0. The Labute approximate surface area is 349 Å². The summed E-state index contributed by atoms with van der Waals surface area (Å²) in [6.07, 6.45) is -5.95. The lowest BCUT2D eigenvalue weighted by Crippen LogP contribution is -2.44. The van der Waals surface area contributed by atoms with Gasteiger partial charge in [-0.3, -0.25) is 9.59 Å². The van der Waals surface area contributed by atoms with Crippen molar-refractivity contribution in [3.05, 3.63) is 89.0 Å². The zero-order valence-electron chi connectivity index (χ0n) is 34.4. The second kappa shape index (κ2) is 13.7. The second-order valence-corrected chi connectivity index (χ2v) is 19.1. The van der Waals surface area contributed by atoms with Gasteiger partial charge in [0.2, 0.25) is 11.8 Å². The third-order valence-electron chi connectivity index (χ3n) is 14.3. The number of hydrogen-bond donors (Lipinski definition) is 2. The molecule has 3 aliphatic heterocycles. The molecule has 322 valence electrons. The summed E-state index contributed by atoms with van der Waals surface area (Å²) in [4.78, 5) is 48.3. The number of carbonyl (C=O) groups excluding carboxylic acids is 2. The first-order chi connectivity index (χ1) is 28.9. The van der Waals surface area contributed by atoms with Gasteiger partial charge < -0.3 is 24.7 Å². The summed E-state index contributed by atoms with van der Waals surface area (Å²) in [5.41, 5.74) is 2.59. The van der Waals surface area contributed by atoms with Crippen LogP contribution in [0.1, 0.15) is 137 Å².